The maximum absolute atomic E-state index is 12.5. The van der Waals surface area contributed by atoms with E-state index in [0.717, 1.165) is 12.1 Å². The van der Waals surface area contributed by atoms with Crippen molar-refractivity contribution in [3.05, 3.63) is 64.2 Å². The van der Waals surface area contributed by atoms with Gasteiger partial charge >= 0.3 is 5.97 Å². The lowest BCUT2D eigenvalue weighted by Gasteiger charge is -2.26. The maximum Gasteiger partial charge on any atom is 0.340 e. The molecule has 0 aliphatic carbocycles. The summed E-state index contributed by atoms with van der Waals surface area (Å²) in [6.45, 7) is 3.23. The van der Waals surface area contributed by atoms with E-state index >= 15 is 0 Å². The van der Waals surface area contributed by atoms with Crippen LogP contribution < -0.4 is 10.6 Å². The van der Waals surface area contributed by atoms with Crippen LogP contribution in [0.4, 0.5) is 17.1 Å². The molecule has 8 heteroatoms. The Bertz CT molecular complexity index is 821. The van der Waals surface area contributed by atoms with Gasteiger partial charge in [0.1, 0.15) is 0 Å². The molecule has 8 nitrogen and oxygen atoms in total. The zero-order chi connectivity index (χ0) is 19.3. The quantitative estimate of drug-likeness (QED) is 0.368. The number of para-hydroxylation sites is 1. The normalized spacial score (nSPS) is 10.4. The number of carbonyl (C=O) groups is 2. The van der Waals surface area contributed by atoms with Crippen LogP contribution in [0.3, 0.4) is 0 Å². The van der Waals surface area contributed by atoms with Gasteiger partial charge in [-0.2, -0.15) is 0 Å². The minimum Gasteiger partial charge on any atom is -0.452 e. The number of non-ortho nitro benzene ring substituents is 1. The van der Waals surface area contributed by atoms with Gasteiger partial charge in [0.25, 0.3) is 11.6 Å². The minimum absolute atomic E-state index is 0.0285. The third-order valence-corrected chi connectivity index (χ3v) is 3.61. The van der Waals surface area contributed by atoms with Crippen LogP contribution >= 0.6 is 0 Å². The topological polar surface area (TPSA) is 116 Å². The van der Waals surface area contributed by atoms with E-state index in [9.17, 15) is 19.7 Å². The molecule has 2 N–H and O–H groups in total. The minimum atomic E-state index is -0.817. The molecular weight excluding hydrogens is 338 g/mol. The Morgan fingerprint density at radius 3 is 2.38 bits per heavy atom. The van der Waals surface area contributed by atoms with Crippen molar-refractivity contribution in [2.45, 2.75) is 19.9 Å². The third kappa shape index (κ3) is 4.35. The van der Waals surface area contributed by atoms with E-state index in [0.29, 0.717) is 5.69 Å². The Morgan fingerprint density at radius 1 is 1.19 bits per heavy atom. The van der Waals surface area contributed by atoms with Crippen molar-refractivity contribution in [1.29, 1.82) is 0 Å². The van der Waals surface area contributed by atoms with Gasteiger partial charge in [-0.1, -0.05) is 18.2 Å². The third-order valence-electron chi connectivity index (χ3n) is 3.61. The molecule has 136 valence electrons. The fourth-order valence-corrected chi connectivity index (χ4v) is 2.44. The molecule has 0 aromatic heterocycles. The molecule has 2 aromatic rings. The van der Waals surface area contributed by atoms with Crippen molar-refractivity contribution in [3.63, 3.8) is 0 Å². The zero-order valence-corrected chi connectivity index (χ0v) is 14.4. The summed E-state index contributed by atoms with van der Waals surface area (Å²) in [7, 11) is 0. The highest BCUT2D eigenvalue weighted by Crippen LogP contribution is 2.21. The SMILES string of the molecule is CC(C)N(C(=O)COC(=O)c1ccc([N+](=O)[O-])cc1N)c1ccccc1. The Kier molecular flexibility index (Phi) is 5.90. The number of nitrogens with zero attached hydrogens (tertiary/aromatic N) is 2. The first-order valence-electron chi connectivity index (χ1n) is 7.89. The lowest BCUT2D eigenvalue weighted by molar-refractivity contribution is -0.384. The van der Waals surface area contributed by atoms with E-state index < -0.39 is 17.5 Å². The number of nitrogens with two attached hydrogens (primary N) is 1. The van der Waals surface area contributed by atoms with Crippen molar-refractivity contribution in [2.24, 2.45) is 0 Å². The molecule has 0 bridgehead atoms. The van der Waals surface area contributed by atoms with Gasteiger partial charge in [-0.3, -0.25) is 14.9 Å². The molecule has 0 unspecified atom stereocenters. The molecule has 0 saturated heterocycles. The van der Waals surface area contributed by atoms with E-state index in [-0.39, 0.29) is 28.9 Å². The lowest BCUT2D eigenvalue weighted by atomic mass is 10.1. The van der Waals surface area contributed by atoms with E-state index in [1.54, 1.807) is 12.1 Å². The highest BCUT2D eigenvalue weighted by Gasteiger charge is 2.22. The number of carbonyl (C=O) groups excluding carboxylic acids is 2. The molecule has 1 amide bonds. The first kappa shape index (κ1) is 18.9. The Hall–Kier alpha value is -3.42. The van der Waals surface area contributed by atoms with Gasteiger partial charge in [0.15, 0.2) is 6.61 Å². The first-order valence-corrected chi connectivity index (χ1v) is 7.89. The molecule has 0 fully saturated rings. The van der Waals surface area contributed by atoms with Gasteiger partial charge in [-0.05, 0) is 32.0 Å². The highest BCUT2D eigenvalue weighted by atomic mass is 16.6. The van der Waals surface area contributed by atoms with Crippen LogP contribution in [0.25, 0.3) is 0 Å². The van der Waals surface area contributed by atoms with Gasteiger partial charge in [0, 0.05) is 23.9 Å². The Balaban J connectivity index is 2.08. The molecule has 0 spiro atoms. The molecule has 0 radical (unpaired) electrons. The number of esters is 1. The van der Waals surface area contributed by atoms with Crippen LogP contribution in [0.1, 0.15) is 24.2 Å². The first-order chi connectivity index (χ1) is 12.3. The van der Waals surface area contributed by atoms with Gasteiger partial charge < -0.3 is 15.4 Å². The van der Waals surface area contributed by atoms with Crippen molar-refractivity contribution >= 4 is 28.9 Å². The van der Waals surface area contributed by atoms with Gasteiger partial charge in [0.2, 0.25) is 0 Å². The number of rotatable bonds is 6. The molecule has 2 rings (SSSR count). The van der Waals surface area contributed by atoms with Crippen molar-refractivity contribution in [3.8, 4) is 0 Å². The second kappa shape index (κ2) is 8.11. The zero-order valence-electron chi connectivity index (χ0n) is 14.4. The number of anilines is 2. The number of hydrogen-bond acceptors (Lipinski definition) is 6. The summed E-state index contributed by atoms with van der Waals surface area (Å²) in [5, 5.41) is 10.7. The van der Waals surface area contributed by atoms with Crippen molar-refractivity contribution < 1.29 is 19.2 Å². The van der Waals surface area contributed by atoms with E-state index in [2.05, 4.69) is 0 Å². The summed E-state index contributed by atoms with van der Waals surface area (Å²) in [4.78, 5) is 36.2. The van der Waals surface area contributed by atoms with E-state index in [4.69, 9.17) is 10.5 Å². The van der Waals surface area contributed by atoms with Crippen LogP contribution in [-0.4, -0.2) is 29.4 Å². The predicted molar refractivity (Wildman–Crippen MR) is 96.9 cm³/mol. The molecule has 26 heavy (non-hydrogen) atoms. The Morgan fingerprint density at radius 2 is 1.85 bits per heavy atom. The molecule has 0 aliphatic rings. The molecule has 0 atom stereocenters. The van der Waals surface area contributed by atoms with Gasteiger partial charge in [-0.15, -0.1) is 0 Å². The van der Waals surface area contributed by atoms with Crippen LogP contribution in [0, 0.1) is 10.1 Å². The van der Waals surface area contributed by atoms with Crippen LogP contribution in [0.5, 0.6) is 0 Å². The number of ether oxygens (including phenoxy) is 1. The second-order valence-corrected chi connectivity index (χ2v) is 5.80. The summed E-state index contributed by atoms with van der Waals surface area (Å²) in [5.41, 5.74) is 6.02. The summed E-state index contributed by atoms with van der Waals surface area (Å²) in [5.74, 6) is -1.21. The fourth-order valence-electron chi connectivity index (χ4n) is 2.44. The summed E-state index contributed by atoms with van der Waals surface area (Å²) in [6, 6.07) is 12.3. The number of benzene rings is 2. The largest absolute Gasteiger partial charge is 0.452 e. The number of nitro benzene ring substituents is 1. The van der Waals surface area contributed by atoms with Gasteiger partial charge in [0.05, 0.1) is 16.2 Å². The summed E-state index contributed by atoms with van der Waals surface area (Å²) in [6.07, 6.45) is 0. The fraction of sp³-hybridized carbons (Fsp3) is 0.222. The van der Waals surface area contributed by atoms with Crippen LogP contribution in [-0.2, 0) is 9.53 Å². The molecule has 0 aliphatic heterocycles. The smallest absolute Gasteiger partial charge is 0.340 e. The average molecular weight is 357 g/mol. The number of hydrogen-bond donors (Lipinski definition) is 1. The molecule has 2 aromatic carbocycles. The monoisotopic (exact) mass is 357 g/mol. The average Bonchev–Trinajstić information content (AvgIpc) is 2.60. The van der Waals surface area contributed by atoms with Gasteiger partial charge in [-0.25, -0.2) is 4.79 Å². The highest BCUT2D eigenvalue weighted by molar-refractivity contribution is 5.99. The van der Waals surface area contributed by atoms with Crippen LogP contribution in [0.2, 0.25) is 0 Å². The molecule has 0 heterocycles. The standard InChI is InChI=1S/C18H19N3O5/c1-12(2)20(13-6-4-3-5-7-13)17(22)11-26-18(23)15-9-8-14(21(24)25)10-16(15)19/h3-10,12H,11,19H2,1-2H3. The number of nitrogen functional groups attached to an aromatic ring is 1. The molecule has 0 saturated carbocycles. The Labute approximate surface area is 150 Å². The van der Waals surface area contributed by atoms with E-state index in [1.165, 1.54) is 11.0 Å². The maximum atomic E-state index is 12.5. The number of nitro groups is 1. The number of amides is 1. The van der Waals surface area contributed by atoms with Crippen LogP contribution in [0.15, 0.2) is 48.5 Å². The lowest BCUT2D eigenvalue weighted by Crippen LogP contribution is -2.39. The predicted octanol–water partition coefficient (Wildman–Crippen LogP) is 2.78. The second-order valence-electron chi connectivity index (χ2n) is 5.80. The summed E-state index contributed by atoms with van der Waals surface area (Å²) < 4.78 is 5.04. The van der Waals surface area contributed by atoms with Crippen molar-refractivity contribution in [1.82, 2.24) is 0 Å². The summed E-state index contributed by atoms with van der Waals surface area (Å²) >= 11 is 0. The van der Waals surface area contributed by atoms with Crippen molar-refractivity contribution in [2.75, 3.05) is 17.2 Å². The molecular formula is C18H19N3O5. The van der Waals surface area contributed by atoms with E-state index in [1.807, 2.05) is 32.0 Å².